The van der Waals surface area contributed by atoms with Gasteiger partial charge in [0.1, 0.15) is 0 Å². The van der Waals surface area contributed by atoms with Crippen LogP contribution in [0.15, 0.2) is 64.0 Å². The normalized spacial score (nSPS) is 18.2. The summed E-state index contributed by atoms with van der Waals surface area (Å²) in [5, 5.41) is 7.47. The van der Waals surface area contributed by atoms with Crippen LogP contribution in [0.2, 0.25) is 0 Å². The van der Waals surface area contributed by atoms with Crippen molar-refractivity contribution < 1.29 is 12.9 Å². The molecule has 0 aliphatic carbocycles. The first-order valence-electron chi connectivity index (χ1n) is 9.14. The van der Waals surface area contributed by atoms with E-state index in [-0.39, 0.29) is 11.8 Å². The SMILES string of the molecule is CN1CCNCC1c1noc(-c2cccc(CS(=O)(=O)c3ccccc3)c2)n1. The Bertz CT molecular complexity index is 1050. The lowest BCUT2D eigenvalue weighted by Gasteiger charge is -2.30. The first-order valence-corrected chi connectivity index (χ1v) is 10.8. The number of hydrogen-bond acceptors (Lipinski definition) is 7. The zero-order valence-corrected chi connectivity index (χ0v) is 16.4. The van der Waals surface area contributed by atoms with Crippen molar-refractivity contribution in [2.24, 2.45) is 0 Å². The van der Waals surface area contributed by atoms with Crippen molar-refractivity contribution in [1.29, 1.82) is 0 Å². The van der Waals surface area contributed by atoms with Gasteiger partial charge in [-0.3, -0.25) is 4.90 Å². The monoisotopic (exact) mass is 398 g/mol. The Morgan fingerprint density at radius 3 is 2.79 bits per heavy atom. The zero-order chi connectivity index (χ0) is 19.6. The van der Waals surface area contributed by atoms with E-state index >= 15 is 0 Å². The van der Waals surface area contributed by atoms with Gasteiger partial charge in [0.2, 0.25) is 0 Å². The Hall–Kier alpha value is -2.55. The maximum absolute atomic E-state index is 12.6. The molecular formula is C20H22N4O3S. The molecule has 0 saturated carbocycles. The lowest BCUT2D eigenvalue weighted by molar-refractivity contribution is 0.190. The van der Waals surface area contributed by atoms with Gasteiger partial charge in [-0.1, -0.05) is 35.5 Å². The van der Waals surface area contributed by atoms with E-state index in [1.54, 1.807) is 42.5 Å². The number of nitrogens with zero attached hydrogens (tertiary/aromatic N) is 3. The van der Waals surface area contributed by atoms with Crippen LogP contribution < -0.4 is 5.32 Å². The predicted octanol–water partition coefficient (Wildman–Crippen LogP) is 2.29. The van der Waals surface area contributed by atoms with Gasteiger partial charge in [0.05, 0.1) is 16.7 Å². The van der Waals surface area contributed by atoms with Crippen LogP contribution >= 0.6 is 0 Å². The summed E-state index contributed by atoms with van der Waals surface area (Å²) >= 11 is 0. The molecule has 2 heterocycles. The van der Waals surface area contributed by atoms with E-state index in [0.29, 0.717) is 27.7 Å². The zero-order valence-electron chi connectivity index (χ0n) is 15.6. The summed E-state index contributed by atoms with van der Waals surface area (Å²) in [5.74, 6) is 0.946. The summed E-state index contributed by atoms with van der Waals surface area (Å²) in [6.45, 7) is 2.63. The van der Waals surface area contributed by atoms with Gasteiger partial charge in [0.15, 0.2) is 15.7 Å². The van der Waals surface area contributed by atoms with E-state index in [0.717, 1.165) is 19.6 Å². The number of nitrogens with one attached hydrogen (secondary N) is 1. The summed E-state index contributed by atoms with van der Waals surface area (Å²) in [6, 6.07) is 15.8. The molecule has 0 amide bonds. The van der Waals surface area contributed by atoms with E-state index in [9.17, 15) is 8.42 Å². The lowest BCUT2D eigenvalue weighted by Crippen LogP contribution is -2.44. The van der Waals surface area contributed by atoms with E-state index in [1.165, 1.54) is 0 Å². The molecule has 1 atom stereocenters. The molecule has 1 unspecified atom stereocenters. The fourth-order valence-electron chi connectivity index (χ4n) is 3.31. The van der Waals surface area contributed by atoms with Crippen molar-refractivity contribution in [1.82, 2.24) is 20.4 Å². The molecule has 1 saturated heterocycles. The fraction of sp³-hybridized carbons (Fsp3) is 0.300. The third kappa shape index (κ3) is 3.99. The van der Waals surface area contributed by atoms with Gasteiger partial charge in [-0.25, -0.2) is 8.42 Å². The van der Waals surface area contributed by atoms with Crippen molar-refractivity contribution in [2.75, 3.05) is 26.7 Å². The number of aromatic nitrogens is 2. The molecule has 1 aromatic heterocycles. The van der Waals surface area contributed by atoms with Crippen molar-refractivity contribution in [3.63, 3.8) is 0 Å². The Labute approximate surface area is 164 Å². The molecule has 0 radical (unpaired) electrons. The first kappa shape index (κ1) is 18.8. The largest absolute Gasteiger partial charge is 0.334 e. The van der Waals surface area contributed by atoms with Crippen molar-refractivity contribution in [3.8, 4) is 11.5 Å². The minimum absolute atomic E-state index is 0.0629. The van der Waals surface area contributed by atoms with Crippen molar-refractivity contribution in [3.05, 3.63) is 66.0 Å². The second kappa shape index (κ2) is 7.83. The Balaban J connectivity index is 1.56. The molecule has 3 aromatic rings. The molecule has 146 valence electrons. The number of rotatable bonds is 5. The van der Waals surface area contributed by atoms with Crippen molar-refractivity contribution >= 4 is 9.84 Å². The highest BCUT2D eigenvalue weighted by atomic mass is 32.2. The highest BCUT2D eigenvalue weighted by Crippen LogP contribution is 2.25. The minimum Gasteiger partial charge on any atom is -0.334 e. The summed E-state index contributed by atoms with van der Waals surface area (Å²) in [7, 11) is -1.37. The topological polar surface area (TPSA) is 88.3 Å². The van der Waals surface area contributed by atoms with Gasteiger partial charge < -0.3 is 9.84 Å². The van der Waals surface area contributed by atoms with Gasteiger partial charge in [0, 0.05) is 25.2 Å². The van der Waals surface area contributed by atoms with Gasteiger partial charge >= 0.3 is 0 Å². The minimum atomic E-state index is -3.41. The lowest BCUT2D eigenvalue weighted by atomic mass is 10.1. The maximum Gasteiger partial charge on any atom is 0.257 e. The van der Waals surface area contributed by atoms with Crippen LogP contribution in [0.5, 0.6) is 0 Å². The average Bonchev–Trinajstić information content (AvgIpc) is 3.19. The quantitative estimate of drug-likeness (QED) is 0.705. The fourth-order valence-corrected chi connectivity index (χ4v) is 4.66. The number of sulfone groups is 1. The smallest absolute Gasteiger partial charge is 0.257 e. The summed E-state index contributed by atoms with van der Waals surface area (Å²) in [5.41, 5.74) is 1.39. The molecule has 1 aliphatic heterocycles. The molecule has 4 rings (SSSR count). The highest BCUT2D eigenvalue weighted by molar-refractivity contribution is 7.90. The van der Waals surface area contributed by atoms with Crippen molar-refractivity contribution in [2.45, 2.75) is 16.7 Å². The van der Waals surface area contributed by atoms with E-state index < -0.39 is 9.84 Å². The summed E-state index contributed by atoms with van der Waals surface area (Å²) in [4.78, 5) is 7.04. The standard InChI is InChI=1S/C20H22N4O3S/c1-24-11-10-21-13-18(24)19-22-20(27-23-19)16-7-5-6-15(12-16)14-28(25,26)17-8-3-2-4-9-17/h2-9,12,18,21H,10-11,13-14H2,1H3. The van der Waals surface area contributed by atoms with Crippen LogP contribution in [0.4, 0.5) is 0 Å². The summed E-state index contributed by atoms with van der Waals surface area (Å²) in [6.07, 6.45) is 0. The van der Waals surface area contributed by atoms with Crippen LogP contribution in [0.1, 0.15) is 17.4 Å². The number of hydrogen-bond donors (Lipinski definition) is 1. The second-order valence-corrected chi connectivity index (χ2v) is 8.92. The van der Waals surface area contributed by atoms with Crippen LogP contribution in [0.3, 0.4) is 0 Å². The van der Waals surface area contributed by atoms with Gasteiger partial charge in [-0.15, -0.1) is 0 Å². The molecule has 0 spiro atoms. The molecule has 1 aliphatic rings. The first-order chi connectivity index (χ1) is 13.5. The van der Waals surface area contributed by atoms with E-state index in [4.69, 9.17) is 4.52 Å². The Kier molecular flexibility index (Phi) is 5.25. The van der Waals surface area contributed by atoms with Crippen LogP contribution in [-0.2, 0) is 15.6 Å². The average molecular weight is 398 g/mol. The highest BCUT2D eigenvalue weighted by Gasteiger charge is 2.25. The third-order valence-corrected chi connectivity index (χ3v) is 6.59. The van der Waals surface area contributed by atoms with Crippen LogP contribution in [0, 0.1) is 0 Å². The number of piperazine rings is 1. The Morgan fingerprint density at radius 1 is 1.18 bits per heavy atom. The Morgan fingerprint density at radius 2 is 2.00 bits per heavy atom. The molecule has 28 heavy (non-hydrogen) atoms. The molecule has 7 nitrogen and oxygen atoms in total. The molecule has 8 heteroatoms. The number of benzene rings is 2. The molecule has 2 aromatic carbocycles. The van der Waals surface area contributed by atoms with Gasteiger partial charge in [0.25, 0.3) is 5.89 Å². The van der Waals surface area contributed by atoms with Crippen LogP contribution in [-0.4, -0.2) is 50.1 Å². The second-order valence-electron chi connectivity index (χ2n) is 6.93. The molecule has 1 N–H and O–H groups in total. The molecule has 1 fully saturated rings. The third-order valence-electron chi connectivity index (χ3n) is 4.88. The maximum atomic E-state index is 12.6. The summed E-state index contributed by atoms with van der Waals surface area (Å²) < 4.78 is 30.7. The number of likely N-dealkylation sites (N-methyl/N-ethyl adjacent to an activating group) is 1. The van der Waals surface area contributed by atoms with E-state index in [1.807, 2.05) is 19.2 Å². The van der Waals surface area contributed by atoms with E-state index in [2.05, 4.69) is 20.4 Å². The predicted molar refractivity (Wildman–Crippen MR) is 105 cm³/mol. The van der Waals surface area contributed by atoms with Gasteiger partial charge in [-0.2, -0.15) is 4.98 Å². The molecular weight excluding hydrogens is 376 g/mol. The van der Waals surface area contributed by atoms with Gasteiger partial charge in [-0.05, 0) is 36.9 Å². The molecule has 0 bridgehead atoms. The van der Waals surface area contributed by atoms with Crippen LogP contribution in [0.25, 0.3) is 11.5 Å².